The third-order valence-electron chi connectivity index (χ3n) is 5.41. The third-order valence-corrected chi connectivity index (χ3v) is 5.41. The van der Waals surface area contributed by atoms with Crippen LogP contribution in [0.5, 0.6) is 0 Å². The smallest absolute Gasteiger partial charge is 0.222 e. The first kappa shape index (κ1) is 18.1. The van der Waals surface area contributed by atoms with Crippen molar-refractivity contribution in [1.82, 2.24) is 20.2 Å². The number of carbonyl (C=O) groups excluding carboxylic acids is 1. The number of aromatic nitrogens is 2. The number of nitrogens with zero attached hydrogens (tertiary/aromatic N) is 3. The molecule has 0 aliphatic carbocycles. The lowest BCUT2D eigenvalue weighted by Gasteiger charge is -2.38. The van der Waals surface area contributed by atoms with E-state index in [9.17, 15) is 4.79 Å². The molecular weight excluding hydrogens is 318 g/mol. The molecule has 0 bridgehead atoms. The van der Waals surface area contributed by atoms with E-state index in [-0.39, 0.29) is 23.2 Å². The van der Waals surface area contributed by atoms with E-state index < -0.39 is 0 Å². The van der Waals surface area contributed by atoms with Gasteiger partial charge >= 0.3 is 0 Å². The van der Waals surface area contributed by atoms with Gasteiger partial charge in [0.1, 0.15) is 0 Å². The van der Waals surface area contributed by atoms with Crippen molar-refractivity contribution < 1.29 is 9.53 Å². The van der Waals surface area contributed by atoms with Crippen molar-refractivity contribution >= 4 is 11.9 Å². The van der Waals surface area contributed by atoms with E-state index in [1.54, 1.807) is 7.05 Å². The standard InChI is InChI=1S/C18H29N5O2/c1-17(2)12-18(14(25-17)8-15(24)19-3)6-5-7-23(18)11-13-9-21-16(20-4)22-10-13/h9-10,14H,5-8,11-12H2,1-4H3,(H,19,24)(H,20,21,22)/t14-,18+/m0/s1. The summed E-state index contributed by atoms with van der Waals surface area (Å²) in [6.07, 6.45) is 7.21. The molecule has 2 fully saturated rings. The van der Waals surface area contributed by atoms with Crippen LogP contribution in [0.1, 0.15) is 45.1 Å². The maximum atomic E-state index is 12.0. The van der Waals surface area contributed by atoms with Gasteiger partial charge in [-0.3, -0.25) is 9.69 Å². The van der Waals surface area contributed by atoms with Crippen molar-refractivity contribution in [2.24, 2.45) is 0 Å². The second-order valence-electron chi connectivity index (χ2n) is 7.71. The molecule has 0 unspecified atom stereocenters. The molecule has 0 saturated carbocycles. The zero-order valence-corrected chi connectivity index (χ0v) is 15.6. The maximum Gasteiger partial charge on any atom is 0.222 e. The number of amides is 1. The lowest BCUT2D eigenvalue weighted by Crippen LogP contribution is -2.51. The number of nitrogens with one attached hydrogen (secondary N) is 2. The Morgan fingerprint density at radius 3 is 2.72 bits per heavy atom. The Labute approximate surface area is 149 Å². The molecule has 2 aliphatic rings. The van der Waals surface area contributed by atoms with Crippen molar-refractivity contribution in [1.29, 1.82) is 0 Å². The predicted molar refractivity (Wildman–Crippen MR) is 96.2 cm³/mol. The monoisotopic (exact) mass is 347 g/mol. The number of rotatable bonds is 5. The molecule has 7 heteroatoms. The Morgan fingerprint density at radius 2 is 2.08 bits per heavy atom. The van der Waals surface area contributed by atoms with E-state index in [2.05, 4.69) is 39.3 Å². The summed E-state index contributed by atoms with van der Waals surface area (Å²) in [4.78, 5) is 23.1. The summed E-state index contributed by atoms with van der Waals surface area (Å²) < 4.78 is 6.32. The minimum absolute atomic E-state index is 0.0376. The molecule has 0 radical (unpaired) electrons. The van der Waals surface area contributed by atoms with E-state index in [0.717, 1.165) is 37.9 Å². The summed E-state index contributed by atoms with van der Waals surface area (Å²) in [6, 6.07) is 0. The quantitative estimate of drug-likeness (QED) is 0.841. The minimum atomic E-state index is -0.215. The maximum absolute atomic E-state index is 12.0. The average molecular weight is 347 g/mol. The van der Waals surface area contributed by atoms with Crippen LogP contribution in [0.4, 0.5) is 5.95 Å². The number of carbonyl (C=O) groups is 1. The second-order valence-corrected chi connectivity index (χ2v) is 7.71. The third kappa shape index (κ3) is 3.62. The Kier molecular flexibility index (Phi) is 4.97. The van der Waals surface area contributed by atoms with Crippen LogP contribution in [0.3, 0.4) is 0 Å². The fourth-order valence-corrected chi connectivity index (χ4v) is 4.43. The number of ether oxygens (including phenoxy) is 1. The number of hydrogen-bond acceptors (Lipinski definition) is 6. The largest absolute Gasteiger partial charge is 0.370 e. The van der Waals surface area contributed by atoms with E-state index in [1.165, 1.54) is 0 Å². The first-order chi connectivity index (χ1) is 11.9. The highest BCUT2D eigenvalue weighted by Crippen LogP contribution is 2.49. The summed E-state index contributed by atoms with van der Waals surface area (Å²) in [5, 5.41) is 5.68. The van der Waals surface area contributed by atoms with Crippen LogP contribution in [0, 0.1) is 0 Å². The highest BCUT2D eigenvalue weighted by molar-refractivity contribution is 5.76. The van der Waals surface area contributed by atoms with Crippen LogP contribution < -0.4 is 10.6 Å². The zero-order chi connectivity index (χ0) is 18.1. The van der Waals surface area contributed by atoms with Gasteiger partial charge in [0.05, 0.1) is 23.7 Å². The van der Waals surface area contributed by atoms with Gasteiger partial charge in [-0.2, -0.15) is 0 Å². The topological polar surface area (TPSA) is 79.4 Å². The normalized spacial score (nSPS) is 28.4. The molecule has 138 valence electrons. The Hall–Kier alpha value is -1.73. The van der Waals surface area contributed by atoms with E-state index in [4.69, 9.17) is 4.74 Å². The van der Waals surface area contributed by atoms with Crippen LogP contribution >= 0.6 is 0 Å². The predicted octanol–water partition coefficient (Wildman–Crippen LogP) is 1.56. The molecule has 1 aromatic heterocycles. The van der Waals surface area contributed by atoms with E-state index in [1.807, 2.05) is 19.4 Å². The highest BCUT2D eigenvalue weighted by atomic mass is 16.5. The van der Waals surface area contributed by atoms with Crippen molar-refractivity contribution in [3.63, 3.8) is 0 Å². The van der Waals surface area contributed by atoms with Crippen LogP contribution in [-0.4, -0.2) is 58.7 Å². The molecule has 1 spiro atoms. The summed E-state index contributed by atoms with van der Waals surface area (Å²) in [5.41, 5.74) is 0.787. The van der Waals surface area contributed by atoms with Crippen molar-refractivity contribution in [2.45, 2.75) is 63.3 Å². The molecule has 1 amide bonds. The zero-order valence-electron chi connectivity index (χ0n) is 15.6. The summed E-state index contributed by atoms with van der Waals surface area (Å²) in [6.45, 7) is 6.05. The Bertz CT molecular complexity index is 618. The van der Waals surface area contributed by atoms with Gasteiger partial charge in [-0.25, -0.2) is 9.97 Å². The van der Waals surface area contributed by atoms with E-state index in [0.29, 0.717) is 12.4 Å². The lowest BCUT2D eigenvalue weighted by atomic mass is 9.82. The SMILES string of the molecule is CNC(=O)C[C@@H]1OC(C)(C)C[C@]12CCCN2Cc1cnc(NC)nc1. The highest BCUT2D eigenvalue weighted by Gasteiger charge is 2.57. The van der Waals surface area contributed by atoms with Gasteiger partial charge in [0.25, 0.3) is 0 Å². The molecule has 25 heavy (non-hydrogen) atoms. The average Bonchev–Trinajstić information content (AvgIpc) is 3.08. The Balaban J connectivity index is 1.81. The van der Waals surface area contributed by atoms with Crippen LogP contribution in [0.15, 0.2) is 12.4 Å². The van der Waals surface area contributed by atoms with Gasteiger partial charge in [-0.1, -0.05) is 0 Å². The van der Waals surface area contributed by atoms with E-state index >= 15 is 0 Å². The van der Waals surface area contributed by atoms with Gasteiger partial charge in [0.15, 0.2) is 0 Å². The molecule has 2 saturated heterocycles. The molecule has 0 aromatic carbocycles. The van der Waals surface area contributed by atoms with Gasteiger partial charge < -0.3 is 15.4 Å². The second kappa shape index (κ2) is 6.88. The molecule has 3 rings (SSSR count). The molecule has 2 aliphatic heterocycles. The minimum Gasteiger partial charge on any atom is -0.370 e. The van der Waals surface area contributed by atoms with Crippen molar-refractivity contribution in [2.75, 3.05) is 26.0 Å². The van der Waals surface area contributed by atoms with Gasteiger partial charge in [0.2, 0.25) is 11.9 Å². The molecule has 1 aromatic rings. The first-order valence-corrected chi connectivity index (χ1v) is 9.01. The van der Waals surface area contributed by atoms with Crippen molar-refractivity contribution in [3.05, 3.63) is 18.0 Å². The lowest BCUT2D eigenvalue weighted by molar-refractivity contribution is -0.126. The molecular formula is C18H29N5O2. The Morgan fingerprint density at radius 1 is 1.36 bits per heavy atom. The molecule has 2 atom stereocenters. The molecule has 7 nitrogen and oxygen atoms in total. The fraction of sp³-hybridized carbons (Fsp3) is 0.722. The van der Waals surface area contributed by atoms with Gasteiger partial charge in [-0.15, -0.1) is 0 Å². The van der Waals surface area contributed by atoms with Crippen LogP contribution in [-0.2, 0) is 16.1 Å². The van der Waals surface area contributed by atoms with Crippen LogP contribution in [0.2, 0.25) is 0 Å². The summed E-state index contributed by atoms with van der Waals surface area (Å²) >= 11 is 0. The molecule has 2 N–H and O–H groups in total. The molecule has 3 heterocycles. The van der Waals surface area contributed by atoms with Crippen molar-refractivity contribution in [3.8, 4) is 0 Å². The number of hydrogen-bond donors (Lipinski definition) is 2. The fourth-order valence-electron chi connectivity index (χ4n) is 4.43. The summed E-state index contributed by atoms with van der Waals surface area (Å²) in [7, 11) is 3.49. The first-order valence-electron chi connectivity index (χ1n) is 9.01. The van der Waals surface area contributed by atoms with Gasteiger partial charge in [0, 0.05) is 38.6 Å². The number of likely N-dealkylation sites (tertiary alicyclic amines) is 1. The van der Waals surface area contributed by atoms with Crippen LogP contribution in [0.25, 0.3) is 0 Å². The summed E-state index contributed by atoms with van der Waals surface area (Å²) in [5.74, 6) is 0.665. The van der Waals surface area contributed by atoms with Gasteiger partial charge in [-0.05, 0) is 39.7 Å². The number of anilines is 1.